The number of rotatable bonds is 7. The van der Waals surface area contributed by atoms with Crippen LogP contribution in [0.3, 0.4) is 0 Å². The first-order valence-electron chi connectivity index (χ1n) is 9.37. The first-order valence-corrected chi connectivity index (χ1v) is 9.37. The fraction of sp³-hybridized carbons (Fsp3) is 0.348. The van der Waals surface area contributed by atoms with Crippen molar-refractivity contribution in [1.82, 2.24) is 0 Å². The number of carbonyl (C=O) groups excluding carboxylic acids is 3. The highest BCUT2D eigenvalue weighted by molar-refractivity contribution is 6.21. The lowest BCUT2D eigenvalue weighted by Gasteiger charge is -2.26. The number of carbonyl (C=O) groups is 3. The summed E-state index contributed by atoms with van der Waals surface area (Å²) in [5.74, 6) is -0.613. The van der Waals surface area contributed by atoms with Crippen molar-refractivity contribution < 1.29 is 23.9 Å². The van der Waals surface area contributed by atoms with Gasteiger partial charge in [0.25, 0.3) is 0 Å². The van der Waals surface area contributed by atoms with Gasteiger partial charge in [-0.15, -0.1) is 0 Å². The summed E-state index contributed by atoms with van der Waals surface area (Å²) in [7, 11) is 3.18. The first-order chi connectivity index (χ1) is 13.5. The minimum absolute atomic E-state index is 0.170. The first kappa shape index (κ1) is 19.8. The van der Waals surface area contributed by atoms with Gasteiger partial charge in [0.1, 0.15) is 17.4 Å². The summed E-state index contributed by atoms with van der Waals surface area (Å²) < 4.78 is 10.3. The molecule has 0 spiro atoms. The normalized spacial score (nSPS) is 19.4. The number of benzene rings is 2. The second-order valence-electron chi connectivity index (χ2n) is 7.06. The third-order valence-electron chi connectivity index (χ3n) is 5.27. The Hall–Kier alpha value is -2.95. The minimum Gasteiger partial charge on any atom is -0.497 e. The van der Waals surface area contributed by atoms with Crippen LogP contribution in [0, 0.1) is 5.92 Å². The largest absolute Gasteiger partial charge is 0.497 e. The molecule has 5 heteroatoms. The molecule has 2 aromatic carbocycles. The number of Topliss-reactive ketones (excluding diaryl/α,β-unsaturated/α-hetero) is 3. The average Bonchev–Trinajstić information content (AvgIpc) is 2.72. The van der Waals surface area contributed by atoms with Gasteiger partial charge in [0.05, 0.1) is 14.2 Å². The zero-order valence-electron chi connectivity index (χ0n) is 16.1. The highest BCUT2D eigenvalue weighted by Crippen LogP contribution is 2.33. The molecule has 0 aliphatic heterocycles. The van der Waals surface area contributed by atoms with E-state index in [2.05, 4.69) is 0 Å². The van der Waals surface area contributed by atoms with E-state index in [4.69, 9.17) is 9.47 Å². The highest BCUT2D eigenvalue weighted by atomic mass is 16.5. The summed E-state index contributed by atoms with van der Waals surface area (Å²) in [4.78, 5) is 37.7. The van der Waals surface area contributed by atoms with Gasteiger partial charge in [-0.2, -0.15) is 0 Å². The highest BCUT2D eigenvalue weighted by Gasteiger charge is 2.39. The number of ketones is 3. The summed E-state index contributed by atoms with van der Waals surface area (Å²) in [6.07, 6.45) is 1.12. The summed E-state index contributed by atoms with van der Waals surface area (Å²) >= 11 is 0. The Bertz CT molecular complexity index is 823. The Morgan fingerprint density at radius 3 is 1.86 bits per heavy atom. The minimum atomic E-state index is -1.10. The van der Waals surface area contributed by atoms with Crippen LogP contribution in [0.1, 0.15) is 36.3 Å². The molecular formula is C23H24O5. The monoisotopic (exact) mass is 380 g/mol. The molecule has 0 bridgehead atoms. The molecular weight excluding hydrogens is 356 g/mol. The van der Waals surface area contributed by atoms with Gasteiger partial charge in [-0.25, -0.2) is 0 Å². The van der Waals surface area contributed by atoms with Gasteiger partial charge >= 0.3 is 0 Å². The van der Waals surface area contributed by atoms with Crippen LogP contribution in [-0.4, -0.2) is 31.6 Å². The lowest BCUT2D eigenvalue weighted by Crippen LogP contribution is -2.38. The van der Waals surface area contributed by atoms with Gasteiger partial charge in [-0.05, 0) is 47.7 Å². The van der Waals surface area contributed by atoms with Crippen molar-refractivity contribution in [1.29, 1.82) is 0 Å². The molecule has 0 amide bonds. The van der Waals surface area contributed by atoms with Crippen LogP contribution in [0.15, 0.2) is 48.5 Å². The Labute approximate surface area is 164 Å². The molecule has 1 saturated carbocycles. The number of aryl methyl sites for hydroxylation is 1. The van der Waals surface area contributed by atoms with E-state index in [1.165, 1.54) is 0 Å². The quantitative estimate of drug-likeness (QED) is 0.687. The molecule has 3 rings (SSSR count). The second kappa shape index (κ2) is 8.83. The van der Waals surface area contributed by atoms with E-state index >= 15 is 0 Å². The topological polar surface area (TPSA) is 69.7 Å². The van der Waals surface area contributed by atoms with Crippen molar-refractivity contribution in [3.8, 4) is 11.5 Å². The lowest BCUT2D eigenvalue weighted by molar-refractivity contribution is -0.142. The summed E-state index contributed by atoms with van der Waals surface area (Å²) in [6.45, 7) is 0. The SMILES string of the molecule is COc1ccc(CCC(=O)C2C(=O)CC(c3ccc(OC)cc3)CC2=O)cc1. The third-order valence-corrected chi connectivity index (χ3v) is 5.27. The number of hydrogen-bond donors (Lipinski definition) is 0. The summed E-state index contributed by atoms with van der Waals surface area (Å²) in [5.41, 5.74) is 1.90. The molecule has 1 fully saturated rings. The molecule has 0 radical (unpaired) electrons. The van der Waals surface area contributed by atoms with Crippen molar-refractivity contribution in [2.45, 2.75) is 31.6 Å². The zero-order chi connectivity index (χ0) is 20.1. The molecule has 0 unspecified atom stereocenters. The molecule has 0 saturated heterocycles. The van der Waals surface area contributed by atoms with Crippen LogP contribution in [0.25, 0.3) is 0 Å². The molecule has 1 aliphatic carbocycles. The molecule has 28 heavy (non-hydrogen) atoms. The van der Waals surface area contributed by atoms with Gasteiger partial charge in [-0.1, -0.05) is 24.3 Å². The smallest absolute Gasteiger partial charge is 0.151 e. The van der Waals surface area contributed by atoms with Gasteiger partial charge in [0, 0.05) is 19.3 Å². The average molecular weight is 380 g/mol. The zero-order valence-corrected chi connectivity index (χ0v) is 16.1. The van der Waals surface area contributed by atoms with Gasteiger partial charge < -0.3 is 9.47 Å². The van der Waals surface area contributed by atoms with E-state index in [1.54, 1.807) is 14.2 Å². The van der Waals surface area contributed by atoms with Crippen molar-refractivity contribution in [2.75, 3.05) is 14.2 Å². The summed E-state index contributed by atoms with van der Waals surface area (Å²) in [6, 6.07) is 14.8. The number of hydrogen-bond acceptors (Lipinski definition) is 5. The van der Waals surface area contributed by atoms with E-state index in [-0.39, 0.29) is 42.5 Å². The van der Waals surface area contributed by atoms with Gasteiger partial charge in [-0.3, -0.25) is 14.4 Å². The Kier molecular flexibility index (Phi) is 6.24. The van der Waals surface area contributed by atoms with Crippen LogP contribution >= 0.6 is 0 Å². The maximum Gasteiger partial charge on any atom is 0.151 e. The van der Waals surface area contributed by atoms with E-state index in [1.807, 2.05) is 48.5 Å². The predicted molar refractivity (Wildman–Crippen MR) is 105 cm³/mol. The molecule has 0 heterocycles. The number of methoxy groups -OCH3 is 2. The van der Waals surface area contributed by atoms with Crippen LogP contribution in [0.2, 0.25) is 0 Å². The van der Waals surface area contributed by atoms with Crippen molar-refractivity contribution in [3.05, 3.63) is 59.7 Å². The van der Waals surface area contributed by atoms with Crippen LogP contribution in [0.5, 0.6) is 11.5 Å². The maximum absolute atomic E-state index is 12.6. The Balaban J connectivity index is 1.60. The second-order valence-corrected chi connectivity index (χ2v) is 7.06. The molecule has 2 aromatic rings. The summed E-state index contributed by atoms with van der Waals surface area (Å²) in [5, 5.41) is 0. The lowest BCUT2D eigenvalue weighted by atomic mass is 9.74. The molecule has 146 valence electrons. The van der Waals surface area contributed by atoms with Crippen LogP contribution < -0.4 is 9.47 Å². The predicted octanol–water partition coefficient (Wildman–Crippen LogP) is 3.54. The van der Waals surface area contributed by atoms with Crippen molar-refractivity contribution in [2.24, 2.45) is 5.92 Å². The molecule has 0 aromatic heterocycles. The van der Waals surface area contributed by atoms with Crippen LogP contribution in [-0.2, 0) is 20.8 Å². The fourth-order valence-electron chi connectivity index (χ4n) is 3.65. The van der Waals surface area contributed by atoms with E-state index in [0.717, 1.165) is 22.6 Å². The maximum atomic E-state index is 12.6. The standard InChI is InChI=1S/C23H24O5/c1-27-18-8-3-15(4-9-18)5-12-20(24)23-21(25)13-17(14-22(23)26)16-6-10-19(28-2)11-7-16/h3-4,6-11,17,23H,5,12-14H2,1-2H3. The van der Waals surface area contributed by atoms with Crippen LogP contribution in [0.4, 0.5) is 0 Å². The molecule has 0 atom stereocenters. The molecule has 0 N–H and O–H groups in total. The van der Waals surface area contributed by atoms with Gasteiger partial charge in [0.2, 0.25) is 0 Å². The molecule has 1 aliphatic rings. The Morgan fingerprint density at radius 1 is 0.857 bits per heavy atom. The third kappa shape index (κ3) is 4.47. The van der Waals surface area contributed by atoms with Gasteiger partial charge in [0.15, 0.2) is 17.3 Å². The fourth-order valence-corrected chi connectivity index (χ4v) is 3.65. The van der Waals surface area contributed by atoms with E-state index in [9.17, 15) is 14.4 Å². The van der Waals surface area contributed by atoms with Crippen molar-refractivity contribution >= 4 is 17.3 Å². The van der Waals surface area contributed by atoms with E-state index in [0.29, 0.717) is 6.42 Å². The van der Waals surface area contributed by atoms with E-state index < -0.39 is 5.92 Å². The van der Waals surface area contributed by atoms with Crippen molar-refractivity contribution in [3.63, 3.8) is 0 Å². The molecule has 5 nitrogen and oxygen atoms in total. The Morgan fingerprint density at radius 2 is 1.36 bits per heavy atom. The number of ether oxygens (including phenoxy) is 2.